The van der Waals surface area contributed by atoms with Crippen LogP contribution in [0.1, 0.15) is 0 Å². The molecule has 0 amide bonds. The van der Waals surface area contributed by atoms with E-state index in [1.807, 2.05) is 0 Å². The SMILES string of the molecule is O=c1cc/c(=N/Nc2ccc(S(=O)(=O)[O-])c3ccccc23)c(=O)/c1=N/Nc1ccc(S(=O)(=O)[O-])c2ccccc12.[Na+].[Na+]. The molecule has 0 fully saturated rings. The predicted molar refractivity (Wildman–Crippen MR) is 144 cm³/mol. The fraction of sp³-hybridized carbons (Fsp3) is 0. The number of rotatable bonds is 6. The Labute approximate surface area is 282 Å². The predicted octanol–water partition coefficient (Wildman–Crippen LogP) is -4.74. The van der Waals surface area contributed by atoms with E-state index in [2.05, 4.69) is 21.1 Å². The summed E-state index contributed by atoms with van der Waals surface area (Å²) in [5, 5.41) is 8.26. The molecular formula is C26H16N4Na2O8S2. The molecule has 0 bridgehead atoms. The van der Waals surface area contributed by atoms with Crippen LogP contribution in [0, 0.1) is 0 Å². The largest absolute Gasteiger partial charge is 1.00 e. The van der Waals surface area contributed by atoms with Crippen LogP contribution in [0.15, 0.2) is 115 Å². The van der Waals surface area contributed by atoms with Crippen molar-refractivity contribution in [3.8, 4) is 0 Å². The molecule has 0 atom stereocenters. The van der Waals surface area contributed by atoms with Crippen LogP contribution in [0.3, 0.4) is 0 Å². The first-order valence-corrected chi connectivity index (χ1v) is 14.2. The van der Waals surface area contributed by atoms with Gasteiger partial charge in [-0.3, -0.25) is 20.4 Å². The molecule has 0 unspecified atom stereocenters. The molecule has 0 saturated carbocycles. The van der Waals surface area contributed by atoms with E-state index in [0.717, 1.165) is 18.2 Å². The summed E-state index contributed by atoms with van der Waals surface area (Å²) in [7, 11) is -9.50. The van der Waals surface area contributed by atoms with Gasteiger partial charge in [0.2, 0.25) is 10.9 Å². The first-order valence-electron chi connectivity index (χ1n) is 11.3. The molecule has 0 radical (unpaired) electrons. The van der Waals surface area contributed by atoms with Crippen LogP contribution >= 0.6 is 0 Å². The molecule has 0 aromatic heterocycles. The average Bonchev–Trinajstić information content (AvgIpc) is 2.91. The Morgan fingerprint density at radius 1 is 0.548 bits per heavy atom. The standard InChI is InChI=1S/C26H18N4O8S2.2Na/c31-22-12-9-21(29-27-19-10-13-23(39(33,34)35)17-7-3-1-5-15(17)19)26(32)25(22)30-28-20-11-14-24(40(36,37)38)18-8-4-2-6-16(18)20;;/h1-14,27-28H,(H,33,34,35)(H,36,37,38);;/q;2*+1/p-2/b29-21-,30-25+;;. The van der Waals surface area contributed by atoms with Gasteiger partial charge in [-0.05, 0) is 36.4 Å². The smallest absolute Gasteiger partial charge is 0.744 e. The maximum absolute atomic E-state index is 13.0. The minimum Gasteiger partial charge on any atom is -0.744 e. The van der Waals surface area contributed by atoms with Gasteiger partial charge in [0.25, 0.3) is 0 Å². The van der Waals surface area contributed by atoms with Gasteiger partial charge in [-0.1, -0.05) is 48.5 Å². The van der Waals surface area contributed by atoms with Crippen LogP contribution in [-0.2, 0) is 20.2 Å². The molecule has 5 aromatic carbocycles. The van der Waals surface area contributed by atoms with Gasteiger partial charge in [0, 0.05) is 21.5 Å². The number of hydrogen-bond acceptors (Lipinski definition) is 12. The van der Waals surface area contributed by atoms with Crippen LogP contribution in [0.5, 0.6) is 0 Å². The first-order chi connectivity index (χ1) is 18.9. The van der Waals surface area contributed by atoms with E-state index in [0.29, 0.717) is 16.5 Å². The molecule has 16 heteroatoms. The summed E-state index contributed by atoms with van der Waals surface area (Å²) in [6, 6.07) is 19.5. The third kappa shape index (κ3) is 6.89. The van der Waals surface area contributed by atoms with Crippen molar-refractivity contribution in [2.45, 2.75) is 9.79 Å². The average molecular weight is 623 g/mol. The van der Waals surface area contributed by atoms with E-state index in [-0.39, 0.29) is 80.9 Å². The van der Waals surface area contributed by atoms with E-state index < -0.39 is 46.2 Å². The van der Waals surface area contributed by atoms with Crippen molar-refractivity contribution in [3.63, 3.8) is 0 Å². The van der Waals surface area contributed by atoms with Crippen molar-refractivity contribution in [1.29, 1.82) is 0 Å². The second-order valence-corrected chi connectivity index (χ2v) is 11.1. The van der Waals surface area contributed by atoms with Gasteiger partial charge in [-0.15, -0.1) is 0 Å². The summed E-state index contributed by atoms with van der Waals surface area (Å²) >= 11 is 0. The number of nitrogens with one attached hydrogen (secondary N) is 2. The Balaban J connectivity index is 0.00000242. The third-order valence-electron chi connectivity index (χ3n) is 5.97. The monoisotopic (exact) mass is 622 g/mol. The van der Waals surface area contributed by atoms with E-state index in [9.17, 15) is 35.5 Å². The van der Waals surface area contributed by atoms with Gasteiger partial charge >= 0.3 is 59.1 Å². The van der Waals surface area contributed by atoms with E-state index in [1.165, 1.54) is 30.3 Å². The molecular weight excluding hydrogens is 606 g/mol. The van der Waals surface area contributed by atoms with Crippen molar-refractivity contribution >= 4 is 53.2 Å². The Bertz CT molecular complexity index is 2290. The van der Waals surface area contributed by atoms with Gasteiger partial charge in [0.1, 0.15) is 25.6 Å². The van der Waals surface area contributed by atoms with E-state index in [1.54, 1.807) is 36.4 Å². The van der Waals surface area contributed by atoms with Crippen LogP contribution in [-0.4, -0.2) is 25.9 Å². The molecule has 2 N–H and O–H groups in total. The molecule has 42 heavy (non-hydrogen) atoms. The third-order valence-corrected chi connectivity index (χ3v) is 7.75. The van der Waals surface area contributed by atoms with Gasteiger partial charge in [-0.2, -0.15) is 10.2 Å². The second-order valence-electron chi connectivity index (χ2n) is 8.43. The van der Waals surface area contributed by atoms with Gasteiger partial charge in [-0.25, -0.2) is 16.8 Å². The zero-order valence-electron chi connectivity index (χ0n) is 22.1. The second kappa shape index (κ2) is 13.3. The number of hydrogen-bond donors (Lipinski definition) is 2. The van der Waals surface area contributed by atoms with Crippen LogP contribution in [0.25, 0.3) is 21.5 Å². The number of benzene rings is 5. The van der Waals surface area contributed by atoms with Gasteiger partial charge in [0.05, 0.1) is 21.2 Å². The van der Waals surface area contributed by atoms with Crippen molar-refractivity contribution < 1.29 is 85.1 Å². The van der Waals surface area contributed by atoms with Gasteiger partial charge in [0.15, 0.2) is 5.36 Å². The molecule has 5 rings (SSSR count). The Morgan fingerprint density at radius 2 is 0.976 bits per heavy atom. The van der Waals surface area contributed by atoms with Crippen molar-refractivity contribution in [2.24, 2.45) is 10.2 Å². The number of nitrogens with zero attached hydrogens (tertiary/aromatic N) is 2. The Hall–Kier alpha value is -2.76. The molecule has 0 saturated heterocycles. The minimum atomic E-state index is -4.76. The zero-order chi connectivity index (χ0) is 28.7. The molecule has 5 aromatic rings. The fourth-order valence-corrected chi connectivity index (χ4v) is 5.51. The summed E-state index contributed by atoms with van der Waals surface area (Å²) in [6.45, 7) is 0. The molecule has 0 spiro atoms. The van der Waals surface area contributed by atoms with Gasteiger partial charge < -0.3 is 9.11 Å². The minimum absolute atomic E-state index is 0. The summed E-state index contributed by atoms with van der Waals surface area (Å²) < 4.78 is 69.7. The zero-order valence-corrected chi connectivity index (χ0v) is 27.7. The normalized spacial score (nSPS) is 12.5. The number of anilines is 2. The molecule has 0 aliphatic carbocycles. The van der Waals surface area contributed by atoms with Crippen molar-refractivity contribution in [2.75, 3.05) is 10.9 Å². The summed E-state index contributed by atoms with van der Waals surface area (Å²) in [6.07, 6.45) is 0. The molecule has 0 aliphatic heterocycles. The maximum Gasteiger partial charge on any atom is 1.00 e. The molecule has 202 valence electrons. The maximum atomic E-state index is 13.0. The summed E-state index contributed by atoms with van der Waals surface area (Å²) in [4.78, 5) is 24.6. The molecule has 0 aliphatic rings. The summed E-state index contributed by atoms with van der Waals surface area (Å²) in [5.41, 5.74) is 4.24. The Kier molecular flexibility index (Phi) is 10.7. The quantitative estimate of drug-likeness (QED) is 0.105. The topological polar surface area (TPSA) is 197 Å². The van der Waals surface area contributed by atoms with Crippen LogP contribution in [0.2, 0.25) is 0 Å². The molecule has 12 nitrogen and oxygen atoms in total. The Morgan fingerprint density at radius 3 is 1.43 bits per heavy atom. The van der Waals surface area contributed by atoms with Crippen molar-refractivity contribution in [1.82, 2.24) is 0 Å². The first kappa shape index (κ1) is 33.7. The van der Waals surface area contributed by atoms with Crippen LogP contribution < -0.4 is 91.5 Å². The fourth-order valence-electron chi connectivity index (χ4n) is 4.15. The summed E-state index contributed by atoms with van der Waals surface area (Å²) in [5.74, 6) is 0. The number of fused-ring (bicyclic) bond motifs is 2. The van der Waals surface area contributed by atoms with E-state index >= 15 is 0 Å². The molecule has 0 heterocycles. The van der Waals surface area contributed by atoms with E-state index in [4.69, 9.17) is 0 Å². The van der Waals surface area contributed by atoms with Crippen LogP contribution in [0.4, 0.5) is 11.4 Å². The van der Waals surface area contributed by atoms with Crippen molar-refractivity contribution in [3.05, 3.63) is 116 Å².